The highest BCUT2D eigenvalue weighted by molar-refractivity contribution is 5.77. The van der Waals surface area contributed by atoms with Gasteiger partial charge in [-0.3, -0.25) is 14.4 Å². The highest BCUT2D eigenvalue weighted by atomic mass is 16.3. The number of aryl methyl sites for hydroxylation is 6. The molecule has 0 atom stereocenters. The van der Waals surface area contributed by atoms with Gasteiger partial charge in [-0.05, 0) is 185 Å². The maximum Gasteiger partial charge on any atom is 0.220 e. The summed E-state index contributed by atoms with van der Waals surface area (Å²) in [6.45, 7) is 43.9. The van der Waals surface area contributed by atoms with E-state index < -0.39 is 0 Å². The van der Waals surface area contributed by atoms with Crippen LogP contribution < -0.4 is 16.0 Å². The predicted octanol–water partition coefficient (Wildman–Crippen LogP) is 15.7. The van der Waals surface area contributed by atoms with Crippen LogP contribution in [0.5, 0.6) is 34.5 Å². The van der Waals surface area contributed by atoms with Gasteiger partial charge >= 0.3 is 0 Å². The third-order valence-corrected chi connectivity index (χ3v) is 16.3. The Kier molecular flexibility index (Phi) is 22.6. The molecule has 6 aromatic carbocycles. The molecular weight excluding hydrogens is 1100 g/mol. The second-order valence-electron chi connectivity index (χ2n) is 30.6. The second kappa shape index (κ2) is 27.9. The fourth-order valence-electron chi connectivity index (χ4n) is 11.0. The largest absolute Gasteiger partial charge is 0.508 e. The number of phenolic OH excluding ortho intramolecular Hbond substituents is 6. The number of hydrogen-bond acceptors (Lipinski definition) is 9. The third-order valence-electron chi connectivity index (χ3n) is 16.3. The van der Waals surface area contributed by atoms with Gasteiger partial charge in [-0.15, -0.1) is 0 Å². The Balaban J connectivity index is 0.000000406. The molecule has 0 saturated heterocycles. The maximum atomic E-state index is 13.1. The Morgan fingerprint density at radius 2 is 0.568 bits per heavy atom. The number of aromatic hydroxyl groups is 6. The Morgan fingerprint density at radius 1 is 0.318 bits per heavy atom. The summed E-state index contributed by atoms with van der Waals surface area (Å²) in [6.07, 6.45) is 2.88. The van der Waals surface area contributed by atoms with Crippen molar-refractivity contribution in [1.82, 2.24) is 16.0 Å². The van der Waals surface area contributed by atoms with E-state index in [4.69, 9.17) is 0 Å². The summed E-state index contributed by atoms with van der Waals surface area (Å²) in [4.78, 5) is 38.6. The smallest absolute Gasteiger partial charge is 0.220 e. The van der Waals surface area contributed by atoms with Crippen molar-refractivity contribution in [3.63, 3.8) is 0 Å². The molecule has 0 bridgehead atoms. The number of amides is 3. The van der Waals surface area contributed by atoms with Crippen molar-refractivity contribution in [3.8, 4) is 34.5 Å². The van der Waals surface area contributed by atoms with Crippen molar-refractivity contribution < 1.29 is 45.0 Å². The minimum Gasteiger partial charge on any atom is -0.508 e. The van der Waals surface area contributed by atoms with Crippen LogP contribution in [0.3, 0.4) is 0 Å². The highest BCUT2D eigenvalue weighted by Crippen LogP contribution is 2.43. The van der Waals surface area contributed by atoms with Gasteiger partial charge in [-0.1, -0.05) is 185 Å². The Morgan fingerprint density at radius 3 is 0.818 bits per heavy atom. The number of carbonyl (C=O) groups is 3. The summed E-state index contributed by atoms with van der Waals surface area (Å²) >= 11 is 0. The molecule has 0 fully saturated rings. The van der Waals surface area contributed by atoms with Crippen molar-refractivity contribution in [2.45, 2.75) is 242 Å². The van der Waals surface area contributed by atoms with Gasteiger partial charge in [0.1, 0.15) is 34.5 Å². The topological polar surface area (TPSA) is 209 Å². The van der Waals surface area contributed by atoms with Gasteiger partial charge in [0.2, 0.25) is 17.7 Å². The van der Waals surface area contributed by atoms with Crippen LogP contribution in [0.15, 0.2) is 78.9 Å². The standard InChI is InChI=1S/C51H70N2O6.C25H35NO3/c1-30-19-34(28-52-42(54)17-15-32-23-38(48(3,4)5)46(58)39(24-32)49(6,7)8)21-36(44(30)56)27-37-22-35(20-31(2)45(37)57)29-53-43(55)18-16-33-25-40(50(9,10)11)47(59)41(26-33)51(12,13)14;1-16-12-18(8-10-21(16)27)15-26-22(28)11-9-17-13-19(24(2,3)4)23(29)20(14-17)25(5,6)7/h19-26,56-59H,15-18,27-29H2,1-14H3,(H,52,54)(H,53,55);8,10,12-14,27,29H,9,11,15H2,1-7H3,(H,26,28). The minimum absolute atomic E-state index is 0.0154. The molecule has 0 aliphatic carbocycles. The molecule has 0 aliphatic rings. The van der Waals surface area contributed by atoms with Crippen molar-refractivity contribution >= 4 is 17.7 Å². The first-order valence-corrected chi connectivity index (χ1v) is 31.2. The molecule has 0 radical (unpaired) electrons. The summed E-state index contributed by atoms with van der Waals surface area (Å²) in [5, 5.41) is 73.8. The van der Waals surface area contributed by atoms with E-state index in [-0.39, 0.29) is 99.8 Å². The molecule has 0 aliphatic heterocycles. The summed E-state index contributed by atoms with van der Waals surface area (Å²) in [6, 6.07) is 24.9. The summed E-state index contributed by atoms with van der Waals surface area (Å²) in [5.41, 5.74) is 13.0. The van der Waals surface area contributed by atoms with Crippen LogP contribution in [-0.2, 0) is 92.2 Å². The summed E-state index contributed by atoms with van der Waals surface area (Å²) in [5.74, 6) is 1.31. The van der Waals surface area contributed by atoms with E-state index in [0.29, 0.717) is 71.7 Å². The van der Waals surface area contributed by atoms with Gasteiger partial charge in [0, 0.05) is 45.3 Å². The zero-order valence-corrected chi connectivity index (χ0v) is 57.0. The Bertz CT molecular complexity index is 3230. The van der Waals surface area contributed by atoms with Gasteiger partial charge in [0.25, 0.3) is 0 Å². The molecule has 0 saturated carbocycles. The quantitative estimate of drug-likeness (QED) is 0.0425. The lowest BCUT2D eigenvalue weighted by molar-refractivity contribution is -0.122. The average molecular weight is 1200 g/mol. The van der Waals surface area contributed by atoms with E-state index in [1.165, 1.54) is 0 Å². The molecule has 12 heteroatoms. The van der Waals surface area contributed by atoms with E-state index in [1.807, 2.05) is 93.6 Å². The zero-order valence-electron chi connectivity index (χ0n) is 57.0. The Labute approximate surface area is 526 Å². The average Bonchev–Trinajstić information content (AvgIpc) is 3.26. The van der Waals surface area contributed by atoms with E-state index in [1.54, 1.807) is 6.07 Å². The van der Waals surface area contributed by atoms with E-state index >= 15 is 0 Å². The van der Waals surface area contributed by atoms with Crippen LogP contribution in [0.2, 0.25) is 0 Å². The third kappa shape index (κ3) is 19.5. The number of nitrogens with one attached hydrogen (secondary N) is 3. The molecule has 88 heavy (non-hydrogen) atoms. The van der Waals surface area contributed by atoms with Crippen molar-refractivity contribution in [2.75, 3.05) is 0 Å². The lowest BCUT2D eigenvalue weighted by Crippen LogP contribution is -2.23. The van der Waals surface area contributed by atoms with Crippen LogP contribution in [0.4, 0.5) is 0 Å². The lowest BCUT2D eigenvalue weighted by Gasteiger charge is -2.28. The van der Waals surface area contributed by atoms with Gasteiger partial charge in [0.15, 0.2) is 0 Å². The molecular formula is C76H105N3O9. The zero-order chi connectivity index (χ0) is 66.4. The van der Waals surface area contributed by atoms with Crippen LogP contribution in [0.25, 0.3) is 0 Å². The fraction of sp³-hybridized carbons (Fsp3) is 0.487. The van der Waals surface area contributed by atoms with Crippen LogP contribution in [0.1, 0.15) is 238 Å². The molecule has 0 heterocycles. The van der Waals surface area contributed by atoms with Crippen LogP contribution in [0, 0.1) is 20.8 Å². The molecule has 6 rings (SSSR count). The van der Waals surface area contributed by atoms with Crippen molar-refractivity contribution in [2.24, 2.45) is 0 Å². The maximum absolute atomic E-state index is 13.1. The monoisotopic (exact) mass is 1200 g/mol. The molecule has 0 aromatic heterocycles. The van der Waals surface area contributed by atoms with Crippen LogP contribution >= 0.6 is 0 Å². The number of phenols is 6. The normalized spacial score (nSPS) is 12.3. The van der Waals surface area contributed by atoms with E-state index in [0.717, 1.165) is 72.3 Å². The number of hydrogen-bond donors (Lipinski definition) is 9. The second-order valence-corrected chi connectivity index (χ2v) is 30.6. The van der Waals surface area contributed by atoms with Crippen molar-refractivity contribution in [3.05, 3.63) is 173 Å². The SMILES string of the molecule is Cc1cc(CNC(=O)CCc2cc(C(C)(C)C)c(O)c(C(C)(C)C)c2)cc(Cc2cc(CNC(=O)CCc3cc(C(C)(C)C)c(O)c(C(C)(C)C)c3)cc(C)c2O)c1O.Cc1cc(CNC(=O)CCc2cc(C(C)(C)C)c(O)c(C(C)(C)C)c2)ccc1O. The van der Waals surface area contributed by atoms with Gasteiger partial charge < -0.3 is 46.6 Å². The molecule has 6 aromatic rings. The predicted molar refractivity (Wildman–Crippen MR) is 358 cm³/mol. The first-order chi connectivity index (χ1) is 40.3. The molecule has 9 N–H and O–H groups in total. The fourth-order valence-corrected chi connectivity index (χ4v) is 11.0. The summed E-state index contributed by atoms with van der Waals surface area (Å²) < 4.78 is 0. The first kappa shape index (κ1) is 71.3. The van der Waals surface area contributed by atoms with Gasteiger partial charge in [-0.25, -0.2) is 0 Å². The molecule has 12 nitrogen and oxygen atoms in total. The highest BCUT2D eigenvalue weighted by Gasteiger charge is 2.30. The molecule has 478 valence electrons. The first-order valence-electron chi connectivity index (χ1n) is 31.2. The van der Waals surface area contributed by atoms with Crippen LogP contribution in [-0.4, -0.2) is 48.4 Å². The molecule has 0 unspecified atom stereocenters. The van der Waals surface area contributed by atoms with Crippen molar-refractivity contribution in [1.29, 1.82) is 0 Å². The van der Waals surface area contributed by atoms with Gasteiger partial charge in [-0.2, -0.15) is 0 Å². The Hall–Kier alpha value is -7.47. The molecule has 0 spiro atoms. The van der Waals surface area contributed by atoms with E-state index in [2.05, 4.69) is 141 Å². The number of carbonyl (C=O) groups excluding carboxylic acids is 3. The number of benzene rings is 6. The lowest BCUT2D eigenvalue weighted by atomic mass is 9.78. The molecule has 3 amide bonds. The van der Waals surface area contributed by atoms with E-state index in [9.17, 15) is 45.0 Å². The number of rotatable bonds is 17. The van der Waals surface area contributed by atoms with Gasteiger partial charge in [0.05, 0.1) is 0 Å². The minimum atomic E-state index is -0.256. The summed E-state index contributed by atoms with van der Waals surface area (Å²) in [7, 11) is 0.